The van der Waals surface area contributed by atoms with Crippen LogP contribution in [0.4, 0.5) is 11.4 Å². The highest BCUT2D eigenvalue weighted by molar-refractivity contribution is 9.10. The van der Waals surface area contributed by atoms with Gasteiger partial charge in [0.25, 0.3) is 5.91 Å². The van der Waals surface area contributed by atoms with Gasteiger partial charge in [0, 0.05) is 21.0 Å². The van der Waals surface area contributed by atoms with E-state index in [-0.39, 0.29) is 23.3 Å². The van der Waals surface area contributed by atoms with E-state index in [4.69, 9.17) is 27.9 Å². The molecule has 208 valence electrons. The first-order chi connectivity index (χ1) is 19.7. The lowest BCUT2D eigenvalue weighted by atomic mass is 9.83. The molecule has 2 aliphatic rings. The van der Waals surface area contributed by atoms with Crippen LogP contribution >= 0.6 is 62.2 Å². The summed E-state index contributed by atoms with van der Waals surface area (Å²) < 4.78 is 6.60. The number of fused-ring (bicyclic) bond motifs is 2. The van der Waals surface area contributed by atoms with Crippen molar-refractivity contribution in [3.8, 4) is 5.75 Å². The number of carbonyl (C=O) groups is 3. The number of aromatic amines is 1. The van der Waals surface area contributed by atoms with E-state index in [1.807, 2.05) is 6.07 Å². The van der Waals surface area contributed by atoms with Crippen molar-refractivity contribution < 1.29 is 19.1 Å². The third-order valence-corrected chi connectivity index (χ3v) is 10.4. The highest BCUT2D eigenvalue weighted by Crippen LogP contribution is 2.53. The number of ether oxygens (including phenoxy) is 1. The third-order valence-electron chi connectivity index (χ3n) is 6.70. The molecule has 2 unspecified atom stereocenters. The summed E-state index contributed by atoms with van der Waals surface area (Å²) in [5, 5.41) is 3.26. The van der Waals surface area contributed by atoms with Gasteiger partial charge in [-0.3, -0.25) is 19.2 Å². The van der Waals surface area contributed by atoms with Gasteiger partial charge in [0.2, 0.25) is 11.8 Å². The first-order valence-electron chi connectivity index (χ1n) is 12.2. The zero-order chi connectivity index (χ0) is 28.8. The maximum atomic E-state index is 13.8. The Morgan fingerprint density at radius 2 is 1.78 bits per heavy atom. The van der Waals surface area contributed by atoms with E-state index in [2.05, 4.69) is 26.2 Å². The van der Waals surface area contributed by atoms with Crippen LogP contribution in [0.3, 0.4) is 0 Å². The standard InChI is InChI=1S/C28H18BrCl2N3O5S2/c29-14-4-7-16(8-5-14)34-26(36)22-21(23-25(33-28(38)41-23)40-24(22)27(34)37)13-2-1-3-17(10-13)39-12-20(35)32-15-6-9-18(30)19(31)11-15/h1-11,21-22,24H,12H2,(H,32,35)(H,33,38)/t21-,22?,24?/m1/s1. The fourth-order valence-electron chi connectivity index (χ4n) is 4.94. The minimum Gasteiger partial charge on any atom is -0.484 e. The summed E-state index contributed by atoms with van der Waals surface area (Å²) in [4.78, 5) is 56.8. The summed E-state index contributed by atoms with van der Waals surface area (Å²) in [6.07, 6.45) is 0. The summed E-state index contributed by atoms with van der Waals surface area (Å²) in [5.74, 6) is -1.97. The van der Waals surface area contributed by atoms with E-state index < -0.39 is 23.0 Å². The molecule has 1 fully saturated rings. The van der Waals surface area contributed by atoms with Crippen molar-refractivity contribution >= 4 is 91.3 Å². The molecule has 6 rings (SSSR count). The molecule has 0 aliphatic carbocycles. The molecule has 4 aromatic rings. The number of hydrogen-bond donors (Lipinski definition) is 2. The normalized spacial score (nSPS) is 19.6. The van der Waals surface area contributed by atoms with Crippen molar-refractivity contribution in [1.82, 2.24) is 4.98 Å². The number of aromatic nitrogens is 1. The van der Waals surface area contributed by atoms with E-state index >= 15 is 0 Å². The molecule has 3 atom stereocenters. The number of nitrogens with one attached hydrogen (secondary N) is 2. The number of thiazole rings is 1. The summed E-state index contributed by atoms with van der Waals surface area (Å²) in [5.41, 5.74) is 1.65. The molecule has 13 heteroatoms. The molecule has 3 aromatic carbocycles. The molecule has 0 saturated carbocycles. The average Bonchev–Trinajstić information content (AvgIpc) is 3.44. The van der Waals surface area contributed by atoms with Gasteiger partial charge in [-0.25, -0.2) is 4.90 Å². The van der Waals surface area contributed by atoms with Gasteiger partial charge in [0.15, 0.2) is 6.61 Å². The van der Waals surface area contributed by atoms with Crippen molar-refractivity contribution in [3.63, 3.8) is 0 Å². The Kier molecular flexibility index (Phi) is 7.73. The van der Waals surface area contributed by atoms with Crippen LogP contribution < -0.4 is 19.8 Å². The van der Waals surface area contributed by atoms with Crippen LogP contribution in [0.1, 0.15) is 16.4 Å². The minimum absolute atomic E-state index is 0.261. The number of halogens is 3. The molecule has 3 heterocycles. The third kappa shape index (κ3) is 5.44. The SMILES string of the molecule is O=C(COc1cccc([C@H]2c3sc(=O)[nH]c3SC3C(=O)N(c4ccc(Br)cc4)C(=O)C32)c1)Nc1ccc(Cl)c(Cl)c1. The van der Waals surface area contributed by atoms with Crippen LogP contribution in [-0.4, -0.2) is 34.6 Å². The smallest absolute Gasteiger partial charge is 0.305 e. The number of H-pyrrole nitrogens is 1. The molecular formula is C28H18BrCl2N3O5S2. The van der Waals surface area contributed by atoms with E-state index in [1.54, 1.807) is 54.6 Å². The maximum absolute atomic E-state index is 13.8. The maximum Gasteiger partial charge on any atom is 0.305 e. The van der Waals surface area contributed by atoms with Gasteiger partial charge in [0.1, 0.15) is 11.0 Å². The molecule has 1 aromatic heterocycles. The lowest BCUT2D eigenvalue weighted by molar-refractivity contribution is -0.122. The van der Waals surface area contributed by atoms with Gasteiger partial charge in [-0.1, -0.05) is 74.4 Å². The number of carbonyl (C=O) groups excluding carboxylic acids is 3. The van der Waals surface area contributed by atoms with Crippen LogP contribution in [0.5, 0.6) is 5.75 Å². The van der Waals surface area contributed by atoms with Crippen LogP contribution in [0.2, 0.25) is 10.0 Å². The van der Waals surface area contributed by atoms with Gasteiger partial charge in [0.05, 0.1) is 26.7 Å². The molecule has 41 heavy (non-hydrogen) atoms. The van der Waals surface area contributed by atoms with Crippen molar-refractivity contribution in [1.29, 1.82) is 0 Å². The summed E-state index contributed by atoms with van der Waals surface area (Å²) >= 11 is 17.6. The minimum atomic E-state index is -0.733. The molecule has 8 nitrogen and oxygen atoms in total. The Bertz CT molecular complexity index is 1760. The average molecular weight is 691 g/mol. The fourth-order valence-corrected chi connectivity index (χ4v) is 8.02. The van der Waals surface area contributed by atoms with Gasteiger partial charge >= 0.3 is 4.87 Å². The number of thioether (sulfide) groups is 1. The van der Waals surface area contributed by atoms with E-state index in [0.717, 1.165) is 15.8 Å². The number of imide groups is 1. The van der Waals surface area contributed by atoms with Crippen LogP contribution in [-0.2, 0) is 14.4 Å². The molecule has 0 bridgehead atoms. The molecule has 0 radical (unpaired) electrons. The predicted octanol–water partition coefficient (Wildman–Crippen LogP) is 6.32. The Balaban J connectivity index is 1.27. The Morgan fingerprint density at radius 3 is 2.54 bits per heavy atom. The first kappa shape index (κ1) is 28.0. The molecule has 0 spiro atoms. The fraction of sp³-hybridized carbons (Fsp3) is 0.143. The van der Waals surface area contributed by atoms with Crippen molar-refractivity contribution in [2.75, 3.05) is 16.8 Å². The number of anilines is 2. The Hall–Kier alpha value is -3.09. The second kappa shape index (κ2) is 11.3. The summed E-state index contributed by atoms with van der Waals surface area (Å²) in [6.45, 7) is -0.284. The number of rotatable bonds is 6. The molecule has 2 aliphatic heterocycles. The zero-order valence-corrected chi connectivity index (χ0v) is 25.5. The van der Waals surface area contributed by atoms with Gasteiger partial charge in [-0.05, 0) is 60.2 Å². The lowest BCUT2D eigenvalue weighted by Crippen LogP contribution is -2.32. The predicted molar refractivity (Wildman–Crippen MR) is 164 cm³/mol. The van der Waals surface area contributed by atoms with E-state index in [1.165, 1.54) is 22.7 Å². The quantitative estimate of drug-likeness (QED) is 0.229. The van der Waals surface area contributed by atoms with Crippen LogP contribution in [0.15, 0.2) is 81.0 Å². The summed E-state index contributed by atoms with van der Waals surface area (Å²) in [6, 6.07) is 18.7. The van der Waals surface area contributed by atoms with Crippen molar-refractivity contribution in [2.45, 2.75) is 16.2 Å². The molecular weight excluding hydrogens is 673 g/mol. The Morgan fingerprint density at radius 1 is 1.00 bits per heavy atom. The number of hydrogen-bond acceptors (Lipinski definition) is 7. The largest absolute Gasteiger partial charge is 0.484 e. The van der Waals surface area contributed by atoms with Gasteiger partial charge in [-0.15, -0.1) is 0 Å². The van der Waals surface area contributed by atoms with Crippen molar-refractivity contribution in [3.05, 3.63) is 101 Å². The zero-order valence-electron chi connectivity index (χ0n) is 20.7. The Labute approximate surface area is 260 Å². The van der Waals surface area contributed by atoms with E-state index in [0.29, 0.717) is 42.6 Å². The molecule has 3 amide bonds. The topological polar surface area (TPSA) is 109 Å². The van der Waals surface area contributed by atoms with Crippen LogP contribution in [0, 0.1) is 5.92 Å². The first-order valence-corrected chi connectivity index (χ1v) is 15.4. The summed E-state index contributed by atoms with van der Waals surface area (Å²) in [7, 11) is 0. The van der Waals surface area contributed by atoms with E-state index in [9.17, 15) is 19.2 Å². The van der Waals surface area contributed by atoms with Gasteiger partial charge < -0.3 is 15.0 Å². The highest BCUT2D eigenvalue weighted by Gasteiger charge is 2.56. The highest BCUT2D eigenvalue weighted by atomic mass is 79.9. The number of nitrogens with zero attached hydrogens (tertiary/aromatic N) is 1. The van der Waals surface area contributed by atoms with Crippen LogP contribution in [0.25, 0.3) is 0 Å². The molecule has 2 N–H and O–H groups in total. The lowest BCUT2D eigenvalue weighted by Gasteiger charge is -2.30. The van der Waals surface area contributed by atoms with Crippen molar-refractivity contribution in [2.24, 2.45) is 5.92 Å². The van der Waals surface area contributed by atoms with Gasteiger partial charge in [-0.2, -0.15) is 0 Å². The monoisotopic (exact) mass is 689 g/mol. The number of benzene rings is 3. The molecule has 1 saturated heterocycles. The number of amides is 3. The second-order valence-electron chi connectivity index (χ2n) is 9.28. The second-order valence-corrected chi connectivity index (χ2v) is 13.2.